The maximum Gasteiger partial charge on any atom is 0.140 e. The second kappa shape index (κ2) is 6.59. The van der Waals surface area contributed by atoms with Crippen LogP contribution < -0.4 is 15.4 Å². The number of hydrogen-bond acceptors (Lipinski definition) is 4. The lowest BCUT2D eigenvalue weighted by atomic mass is 10.1. The summed E-state index contributed by atoms with van der Waals surface area (Å²) < 4.78 is 5.83. The number of aromatic nitrogens is 1. The number of pyridine rings is 1. The number of nitrogens with zero attached hydrogens (tertiary/aromatic N) is 2. The molecule has 1 atom stereocenters. The third kappa shape index (κ3) is 3.73. The zero-order valence-corrected chi connectivity index (χ0v) is 12.1. The molecule has 0 aliphatic carbocycles. The van der Waals surface area contributed by atoms with Gasteiger partial charge in [0.1, 0.15) is 12.4 Å². The Labute approximate surface area is 125 Å². The molecular formula is C17H21N3O. The summed E-state index contributed by atoms with van der Waals surface area (Å²) >= 11 is 0. The second-order valence-corrected chi connectivity index (χ2v) is 5.50. The van der Waals surface area contributed by atoms with E-state index in [0.29, 0.717) is 6.61 Å². The van der Waals surface area contributed by atoms with Crippen LogP contribution in [0.15, 0.2) is 48.8 Å². The summed E-state index contributed by atoms with van der Waals surface area (Å²) in [6.45, 7) is 2.49. The van der Waals surface area contributed by atoms with Crippen LogP contribution in [0.1, 0.15) is 18.4 Å². The first-order valence-electron chi connectivity index (χ1n) is 7.43. The first-order chi connectivity index (χ1) is 10.3. The predicted molar refractivity (Wildman–Crippen MR) is 84.4 cm³/mol. The topological polar surface area (TPSA) is 51.4 Å². The molecule has 4 heteroatoms. The largest absolute Gasteiger partial charge is 0.487 e. The second-order valence-electron chi connectivity index (χ2n) is 5.50. The van der Waals surface area contributed by atoms with Crippen LogP contribution >= 0.6 is 0 Å². The minimum absolute atomic E-state index is 0.257. The highest BCUT2D eigenvalue weighted by molar-refractivity contribution is 5.48. The summed E-state index contributed by atoms with van der Waals surface area (Å²) in [5.41, 5.74) is 8.29. The van der Waals surface area contributed by atoms with Gasteiger partial charge in [-0.1, -0.05) is 30.3 Å². The number of benzene rings is 1. The van der Waals surface area contributed by atoms with Gasteiger partial charge in [-0.25, -0.2) is 0 Å². The molecule has 1 saturated heterocycles. The molecule has 110 valence electrons. The van der Waals surface area contributed by atoms with Crippen molar-refractivity contribution in [2.24, 2.45) is 5.73 Å². The minimum atomic E-state index is 0.257. The average Bonchev–Trinajstić information content (AvgIpc) is 2.54. The minimum Gasteiger partial charge on any atom is -0.487 e. The Bertz CT molecular complexity index is 573. The standard InChI is InChI=1S/C17H21N3O/c18-15-7-4-8-20(12-15)16-9-17(11-19-10-16)21-13-14-5-2-1-3-6-14/h1-3,5-6,9-11,15H,4,7-8,12-13,18H2. The van der Waals surface area contributed by atoms with Gasteiger partial charge in [0.15, 0.2) is 0 Å². The smallest absolute Gasteiger partial charge is 0.140 e. The molecule has 21 heavy (non-hydrogen) atoms. The number of hydrogen-bond donors (Lipinski definition) is 1. The summed E-state index contributed by atoms with van der Waals surface area (Å²) in [6, 6.07) is 12.5. The first kappa shape index (κ1) is 13.9. The van der Waals surface area contributed by atoms with Gasteiger partial charge >= 0.3 is 0 Å². The molecule has 0 bridgehead atoms. The molecule has 4 nitrogen and oxygen atoms in total. The average molecular weight is 283 g/mol. The molecule has 0 spiro atoms. The van der Waals surface area contributed by atoms with Gasteiger partial charge in [-0.3, -0.25) is 4.98 Å². The first-order valence-corrected chi connectivity index (χ1v) is 7.43. The highest BCUT2D eigenvalue weighted by Gasteiger charge is 2.17. The Morgan fingerprint density at radius 2 is 2.10 bits per heavy atom. The fourth-order valence-electron chi connectivity index (χ4n) is 2.64. The van der Waals surface area contributed by atoms with Gasteiger partial charge in [0.05, 0.1) is 18.1 Å². The lowest BCUT2D eigenvalue weighted by molar-refractivity contribution is 0.305. The lowest BCUT2D eigenvalue weighted by Gasteiger charge is -2.32. The number of nitrogens with two attached hydrogens (primary N) is 1. The van der Waals surface area contributed by atoms with Crippen LogP contribution in [0, 0.1) is 0 Å². The van der Waals surface area contributed by atoms with Crippen molar-refractivity contribution < 1.29 is 4.74 Å². The fraction of sp³-hybridized carbons (Fsp3) is 0.353. The number of piperidine rings is 1. The van der Waals surface area contributed by atoms with E-state index < -0.39 is 0 Å². The van der Waals surface area contributed by atoms with Gasteiger partial charge in [0.2, 0.25) is 0 Å². The quantitative estimate of drug-likeness (QED) is 0.937. The van der Waals surface area contributed by atoms with E-state index in [1.165, 1.54) is 0 Å². The highest BCUT2D eigenvalue weighted by Crippen LogP contribution is 2.23. The van der Waals surface area contributed by atoms with Gasteiger partial charge < -0.3 is 15.4 Å². The van der Waals surface area contributed by atoms with Crippen molar-refractivity contribution in [1.29, 1.82) is 0 Å². The number of anilines is 1. The molecule has 1 aliphatic heterocycles. The fourth-order valence-corrected chi connectivity index (χ4v) is 2.64. The SMILES string of the molecule is NC1CCCN(c2cncc(OCc3ccccc3)c2)C1. The predicted octanol–water partition coefficient (Wildman–Crippen LogP) is 2.59. The van der Waals surface area contributed by atoms with Crippen LogP contribution in [0.3, 0.4) is 0 Å². The van der Waals surface area contributed by atoms with Crippen LogP contribution in [-0.4, -0.2) is 24.1 Å². The number of rotatable bonds is 4. The van der Waals surface area contributed by atoms with E-state index in [0.717, 1.165) is 42.9 Å². The van der Waals surface area contributed by atoms with Crippen molar-refractivity contribution in [2.75, 3.05) is 18.0 Å². The lowest BCUT2D eigenvalue weighted by Crippen LogP contribution is -2.42. The van der Waals surface area contributed by atoms with E-state index in [2.05, 4.69) is 22.0 Å². The van der Waals surface area contributed by atoms with Gasteiger partial charge in [0.25, 0.3) is 0 Å². The molecule has 2 aromatic rings. The maximum atomic E-state index is 6.04. The monoisotopic (exact) mass is 283 g/mol. The highest BCUT2D eigenvalue weighted by atomic mass is 16.5. The van der Waals surface area contributed by atoms with Crippen molar-refractivity contribution >= 4 is 5.69 Å². The van der Waals surface area contributed by atoms with E-state index in [9.17, 15) is 0 Å². The molecular weight excluding hydrogens is 262 g/mol. The van der Waals surface area contributed by atoms with Crippen LogP contribution in [-0.2, 0) is 6.61 Å². The molecule has 3 rings (SSSR count). The van der Waals surface area contributed by atoms with Crippen molar-refractivity contribution in [3.05, 3.63) is 54.4 Å². The Morgan fingerprint density at radius 3 is 2.90 bits per heavy atom. The van der Waals surface area contributed by atoms with Crippen LogP contribution in [0.2, 0.25) is 0 Å². The summed E-state index contributed by atoms with van der Waals surface area (Å²) in [6.07, 6.45) is 5.88. The molecule has 2 heterocycles. The van der Waals surface area contributed by atoms with Crippen molar-refractivity contribution in [3.8, 4) is 5.75 Å². The van der Waals surface area contributed by atoms with E-state index in [4.69, 9.17) is 10.5 Å². The summed E-state index contributed by atoms with van der Waals surface area (Å²) in [5, 5.41) is 0. The van der Waals surface area contributed by atoms with Crippen molar-refractivity contribution in [3.63, 3.8) is 0 Å². The third-order valence-corrected chi connectivity index (χ3v) is 3.77. The molecule has 1 aromatic heterocycles. The Balaban J connectivity index is 1.65. The molecule has 1 aromatic carbocycles. The Kier molecular flexibility index (Phi) is 4.36. The van der Waals surface area contributed by atoms with E-state index in [1.807, 2.05) is 30.5 Å². The zero-order valence-electron chi connectivity index (χ0n) is 12.1. The molecule has 1 fully saturated rings. The van der Waals surface area contributed by atoms with Crippen molar-refractivity contribution in [2.45, 2.75) is 25.5 Å². The zero-order chi connectivity index (χ0) is 14.5. The number of ether oxygens (including phenoxy) is 1. The summed E-state index contributed by atoms with van der Waals surface area (Å²) in [5.74, 6) is 0.801. The normalized spacial score (nSPS) is 18.5. The summed E-state index contributed by atoms with van der Waals surface area (Å²) in [4.78, 5) is 6.58. The van der Waals surface area contributed by atoms with Crippen LogP contribution in [0.25, 0.3) is 0 Å². The van der Waals surface area contributed by atoms with Gasteiger partial charge in [-0.15, -0.1) is 0 Å². The molecule has 1 aliphatic rings. The van der Waals surface area contributed by atoms with Crippen molar-refractivity contribution in [1.82, 2.24) is 4.98 Å². The molecule has 0 radical (unpaired) electrons. The van der Waals surface area contributed by atoms with Gasteiger partial charge in [0, 0.05) is 25.2 Å². The Hall–Kier alpha value is -2.07. The van der Waals surface area contributed by atoms with Gasteiger partial charge in [-0.2, -0.15) is 0 Å². The Morgan fingerprint density at radius 1 is 1.24 bits per heavy atom. The van der Waals surface area contributed by atoms with Gasteiger partial charge in [-0.05, 0) is 18.4 Å². The molecule has 0 saturated carbocycles. The maximum absolute atomic E-state index is 6.04. The van der Waals surface area contributed by atoms with E-state index in [1.54, 1.807) is 6.20 Å². The third-order valence-electron chi connectivity index (χ3n) is 3.77. The van der Waals surface area contributed by atoms with E-state index >= 15 is 0 Å². The molecule has 2 N–H and O–H groups in total. The molecule has 1 unspecified atom stereocenters. The van der Waals surface area contributed by atoms with Crippen LogP contribution in [0.5, 0.6) is 5.75 Å². The van der Waals surface area contributed by atoms with E-state index in [-0.39, 0.29) is 6.04 Å². The summed E-state index contributed by atoms with van der Waals surface area (Å²) in [7, 11) is 0. The molecule has 0 amide bonds. The van der Waals surface area contributed by atoms with Crippen LogP contribution in [0.4, 0.5) is 5.69 Å².